The van der Waals surface area contributed by atoms with Crippen LogP contribution in [0.1, 0.15) is 6.42 Å². The molecule has 2 aliphatic rings. The standard InChI is InChI=1S/C9H16N2O2S/c12-7-1-3-11(5-7)9(13)8-6-14-4-2-10-8/h7-8,10,12H,1-6H2/t7-,8?/m0/s1. The van der Waals surface area contributed by atoms with Crippen molar-refractivity contribution in [3.8, 4) is 0 Å². The molecule has 2 atom stereocenters. The number of aliphatic hydroxyl groups excluding tert-OH is 1. The minimum Gasteiger partial charge on any atom is -0.391 e. The first-order valence-electron chi connectivity index (χ1n) is 5.05. The van der Waals surface area contributed by atoms with Crippen molar-refractivity contribution in [1.29, 1.82) is 0 Å². The van der Waals surface area contributed by atoms with Crippen molar-refractivity contribution in [2.75, 3.05) is 31.1 Å². The van der Waals surface area contributed by atoms with Crippen molar-refractivity contribution in [1.82, 2.24) is 10.2 Å². The van der Waals surface area contributed by atoms with E-state index in [-0.39, 0.29) is 18.1 Å². The van der Waals surface area contributed by atoms with E-state index in [0.29, 0.717) is 13.1 Å². The molecule has 2 rings (SSSR count). The molecule has 0 aliphatic carbocycles. The molecule has 0 spiro atoms. The maximum absolute atomic E-state index is 11.9. The molecule has 2 N–H and O–H groups in total. The second-order valence-corrected chi connectivity index (χ2v) is 4.96. The van der Waals surface area contributed by atoms with Crippen LogP contribution in [0.3, 0.4) is 0 Å². The lowest BCUT2D eigenvalue weighted by Gasteiger charge is -2.26. The second kappa shape index (κ2) is 4.51. The van der Waals surface area contributed by atoms with Gasteiger partial charge in [0.2, 0.25) is 5.91 Å². The Morgan fingerprint density at radius 1 is 1.57 bits per heavy atom. The van der Waals surface area contributed by atoms with Crippen molar-refractivity contribution in [3.63, 3.8) is 0 Å². The number of carbonyl (C=O) groups is 1. The molecule has 0 saturated carbocycles. The highest BCUT2D eigenvalue weighted by molar-refractivity contribution is 7.99. The minimum atomic E-state index is -0.310. The van der Waals surface area contributed by atoms with Crippen LogP contribution >= 0.6 is 11.8 Å². The van der Waals surface area contributed by atoms with Crippen LogP contribution in [-0.2, 0) is 4.79 Å². The second-order valence-electron chi connectivity index (χ2n) is 3.81. The van der Waals surface area contributed by atoms with E-state index in [2.05, 4.69) is 5.32 Å². The highest BCUT2D eigenvalue weighted by Gasteiger charge is 2.30. The summed E-state index contributed by atoms with van der Waals surface area (Å²) in [5.41, 5.74) is 0. The number of nitrogens with one attached hydrogen (secondary N) is 1. The van der Waals surface area contributed by atoms with Gasteiger partial charge in [0.15, 0.2) is 0 Å². The lowest BCUT2D eigenvalue weighted by Crippen LogP contribution is -2.50. The lowest BCUT2D eigenvalue weighted by molar-refractivity contribution is -0.132. The molecule has 0 aromatic heterocycles. The highest BCUT2D eigenvalue weighted by Crippen LogP contribution is 2.14. The van der Waals surface area contributed by atoms with Gasteiger partial charge in [-0.25, -0.2) is 0 Å². The molecule has 2 aliphatic heterocycles. The normalized spacial score (nSPS) is 33.4. The number of rotatable bonds is 1. The van der Waals surface area contributed by atoms with Gasteiger partial charge >= 0.3 is 0 Å². The van der Waals surface area contributed by atoms with Crippen LogP contribution in [0, 0.1) is 0 Å². The minimum absolute atomic E-state index is 0.0287. The Labute approximate surface area is 88.0 Å². The van der Waals surface area contributed by atoms with Gasteiger partial charge in [-0.1, -0.05) is 0 Å². The summed E-state index contributed by atoms with van der Waals surface area (Å²) >= 11 is 1.82. The molecule has 4 nitrogen and oxygen atoms in total. The Hall–Kier alpha value is -0.260. The van der Waals surface area contributed by atoms with Crippen molar-refractivity contribution >= 4 is 17.7 Å². The average molecular weight is 216 g/mol. The Balaban J connectivity index is 1.87. The Bertz CT molecular complexity index is 212. The molecule has 0 radical (unpaired) electrons. The van der Waals surface area contributed by atoms with E-state index in [1.807, 2.05) is 11.8 Å². The molecule has 5 heteroatoms. The number of β-amino-alcohol motifs (C(OH)–C–C–N with tert-alkyl or cyclic N) is 1. The quantitative estimate of drug-likeness (QED) is 0.608. The SMILES string of the molecule is O=C(C1CSCCN1)N1CC[C@H](O)C1. The van der Waals surface area contributed by atoms with Crippen LogP contribution in [0.5, 0.6) is 0 Å². The molecule has 1 amide bonds. The topological polar surface area (TPSA) is 52.6 Å². The van der Waals surface area contributed by atoms with Gasteiger partial charge in [0.1, 0.15) is 0 Å². The van der Waals surface area contributed by atoms with Gasteiger partial charge in [0.25, 0.3) is 0 Å². The highest BCUT2D eigenvalue weighted by atomic mass is 32.2. The van der Waals surface area contributed by atoms with E-state index in [4.69, 9.17) is 0 Å². The van der Waals surface area contributed by atoms with Crippen molar-refractivity contribution in [3.05, 3.63) is 0 Å². The summed E-state index contributed by atoms with van der Waals surface area (Å²) in [5.74, 6) is 2.12. The van der Waals surface area contributed by atoms with Crippen LogP contribution in [-0.4, -0.2) is 59.2 Å². The molecule has 1 unspecified atom stereocenters. The summed E-state index contributed by atoms with van der Waals surface area (Å²) in [6, 6.07) is -0.0287. The van der Waals surface area contributed by atoms with Crippen LogP contribution < -0.4 is 5.32 Å². The molecule has 80 valence electrons. The van der Waals surface area contributed by atoms with Gasteiger partial charge in [-0.2, -0.15) is 11.8 Å². The van der Waals surface area contributed by atoms with Crippen LogP contribution in [0.15, 0.2) is 0 Å². The smallest absolute Gasteiger partial charge is 0.240 e. The molecule has 0 aromatic rings. The number of aliphatic hydroxyl groups is 1. The van der Waals surface area contributed by atoms with Crippen LogP contribution in [0.25, 0.3) is 0 Å². The van der Waals surface area contributed by atoms with E-state index in [9.17, 15) is 9.90 Å². The van der Waals surface area contributed by atoms with Gasteiger partial charge in [-0.15, -0.1) is 0 Å². The van der Waals surface area contributed by atoms with Crippen molar-refractivity contribution < 1.29 is 9.90 Å². The zero-order valence-corrected chi connectivity index (χ0v) is 8.92. The summed E-state index contributed by atoms with van der Waals surface area (Å²) in [7, 11) is 0. The lowest BCUT2D eigenvalue weighted by atomic mass is 10.3. The fourth-order valence-corrected chi connectivity index (χ4v) is 2.81. The van der Waals surface area contributed by atoms with E-state index in [1.165, 1.54) is 0 Å². The third kappa shape index (κ3) is 2.21. The van der Waals surface area contributed by atoms with Crippen molar-refractivity contribution in [2.45, 2.75) is 18.6 Å². The maximum atomic E-state index is 11.9. The Morgan fingerprint density at radius 3 is 3.00 bits per heavy atom. The first kappa shape index (κ1) is 10.3. The summed E-state index contributed by atoms with van der Waals surface area (Å²) < 4.78 is 0. The van der Waals surface area contributed by atoms with Crippen molar-refractivity contribution in [2.24, 2.45) is 0 Å². The van der Waals surface area contributed by atoms with Gasteiger partial charge in [0.05, 0.1) is 12.1 Å². The molecule has 0 aromatic carbocycles. The zero-order chi connectivity index (χ0) is 9.97. The third-order valence-electron chi connectivity index (χ3n) is 2.69. The summed E-state index contributed by atoms with van der Waals surface area (Å²) in [6.45, 7) is 2.14. The molecule has 2 fully saturated rings. The molecular weight excluding hydrogens is 200 g/mol. The first-order valence-corrected chi connectivity index (χ1v) is 6.21. The van der Waals surface area contributed by atoms with Gasteiger partial charge in [-0.3, -0.25) is 4.79 Å². The van der Waals surface area contributed by atoms with Crippen LogP contribution in [0.4, 0.5) is 0 Å². The third-order valence-corrected chi connectivity index (χ3v) is 3.76. The number of hydrogen-bond acceptors (Lipinski definition) is 4. The number of carbonyl (C=O) groups excluding carboxylic acids is 1. The zero-order valence-electron chi connectivity index (χ0n) is 8.11. The Morgan fingerprint density at radius 2 is 2.43 bits per heavy atom. The number of amides is 1. The number of nitrogens with zero attached hydrogens (tertiary/aromatic N) is 1. The fourth-order valence-electron chi connectivity index (χ4n) is 1.89. The average Bonchev–Trinajstić information content (AvgIpc) is 2.65. The predicted octanol–water partition coefficient (Wildman–Crippen LogP) is -0.715. The van der Waals surface area contributed by atoms with E-state index < -0.39 is 0 Å². The fraction of sp³-hybridized carbons (Fsp3) is 0.889. The monoisotopic (exact) mass is 216 g/mol. The molecular formula is C9H16N2O2S. The van der Waals surface area contributed by atoms with Gasteiger partial charge < -0.3 is 15.3 Å². The first-order chi connectivity index (χ1) is 6.77. The predicted molar refractivity (Wildman–Crippen MR) is 56.3 cm³/mol. The van der Waals surface area contributed by atoms with Crippen LogP contribution in [0.2, 0.25) is 0 Å². The number of hydrogen-bond donors (Lipinski definition) is 2. The molecule has 2 saturated heterocycles. The van der Waals surface area contributed by atoms with E-state index in [1.54, 1.807) is 4.90 Å². The molecule has 0 bridgehead atoms. The largest absolute Gasteiger partial charge is 0.391 e. The van der Waals surface area contributed by atoms with E-state index >= 15 is 0 Å². The summed E-state index contributed by atoms with van der Waals surface area (Å²) in [5, 5.41) is 12.5. The van der Waals surface area contributed by atoms with Gasteiger partial charge in [-0.05, 0) is 6.42 Å². The molecule has 14 heavy (non-hydrogen) atoms. The summed E-state index contributed by atoms with van der Waals surface area (Å²) in [4.78, 5) is 13.7. The number of likely N-dealkylation sites (tertiary alicyclic amines) is 1. The Kier molecular flexibility index (Phi) is 3.30. The number of thioether (sulfide) groups is 1. The van der Waals surface area contributed by atoms with Gasteiger partial charge in [0, 0.05) is 31.1 Å². The summed E-state index contributed by atoms with van der Waals surface area (Å²) in [6.07, 6.45) is 0.418. The van der Waals surface area contributed by atoms with E-state index in [0.717, 1.165) is 24.5 Å². The maximum Gasteiger partial charge on any atom is 0.240 e. The molecule has 2 heterocycles.